The van der Waals surface area contributed by atoms with Gasteiger partial charge >= 0.3 is 0 Å². The first-order chi connectivity index (χ1) is 12.1. The molecule has 0 aliphatic carbocycles. The molecule has 4 aliphatic heterocycles. The van der Waals surface area contributed by atoms with Crippen LogP contribution in [0.4, 0.5) is 11.4 Å². The third-order valence-corrected chi connectivity index (χ3v) is 5.81. The first kappa shape index (κ1) is 15.1. The lowest BCUT2D eigenvalue weighted by Gasteiger charge is -2.29. The second-order valence-corrected chi connectivity index (χ2v) is 7.26. The largest absolute Gasteiger partial charge is 0.378 e. The fourth-order valence-electron chi connectivity index (χ4n) is 4.54. The molecular weight excluding hydrogens is 320 g/mol. The maximum atomic E-state index is 12.9. The quantitative estimate of drug-likeness (QED) is 0.601. The van der Waals surface area contributed by atoms with Crippen LogP contribution in [0.3, 0.4) is 0 Å². The van der Waals surface area contributed by atoms with Gasteiger partial charge in [0.05, 0.1) is 42.4 Å². The predicted molar refractivity (Wildman–Crippen MR) is 91.4 cm³/mol. The van der Waals surface area contributed by atoms with Crippen molar-refractivity contribution in [2.45, 2.75) is 18.6 Å². The number of morpholine rings is 1. The van der Waals surface area contributed by atoms with Crippen molar-refractivity contribution in [1.29, 1.82) is 0 Å². The van der Waals surface area contributed by atoms with Crippen molar-refractivity contribution in [2.75, 3.05) is 36.1 Å². The summed E-state index contributed by atoms with van der Waals surface area (Å²) in [7, 11) is 0. The van der Waals surface area contributed by atoms with Gasteiger partial charge in [-0.25, -0.2) is 4.90 Å². The van der Waals surface area contributed by atoms with E-state index in [4.69, 9.17) is 9.47 Å². The summed E-state index contributed by atoms with van der Waals surface area (Å²) < 4.78 is 11.2. The lowest BCUT2D eigenvalue weighted by atomic mass is 9.78. The molecule has 0 N–H and O–H groups in total. The Morgan fingerprint density at radius 1 is 1.04 bits per heavy atom. The molecule has 0 aromatic heterocycles. The van der Waals surface area contributed by atoms with E-state index in [1.54, 1.807) is 0 Å². The average molecular weight is 340 g/mol. The molecule has 1 aromatic rings. The van der Waals surface area contributed by atoms with Gasteiger partial charge in [0.1, 0.15) is 0 Å². The van der Waals surface area contributed by atoms with Crippen molar-refractivity contribution >= 4 is 23.2 Å². The second kappa shape index (κ2) is 5.16. The summed E-state index contributed by atoms with van der Waals surface area (Å²) in [5.74, 6) is -1.09. The zero-order valence-electron chi connectivity index (χ0n) is 14.1. The number of carbonyl (C=O) groups is 2. The Hall–Kier alpha value is -2.18. The van der Waals surface area contributed by atoms with Crippen LogP contribution < -0.4 is 9.80 Å². The number of imide groups is 1. The topological polar surface area (TPSA) is 59.1 Å². The minimum atomic E-state index is -0.648. The third-order valence-electron chi connectivity index (χ3n) is 5.81. The molecule has 3 saturated heterocycles. The highest BCUT2D eigenvalue weighted by molar-refractivity contribution is 6.23. The summed E-state index contributed by atoms with van der Waals surface area (Å²) >= 11 is 0. The Morgan fingerprint density at radius 2 is 1.72 bits per heavy atom. The van der Waals surface area contributed by atoms with Crippen molar-refractivity contribution in [3.05, 3.63) is 36.4 Å². The summed E-state index contributed by atoms with van der Waals surface area (Å²) in [6.07, 6.45) is 3.57. The van der Waals surface area contributed by atoms with E-state index < -0.39 is 11.5 Å². The molecule has 0 unspecified atom stereocenters. The molecule has 2 amide bonds. The molecule has 4 atom stereocenters. The van der Waals surface area contributed by atoms with Crippen LogP contribution in [-0.4, -0.2) is 49.8 Å². The smallest absolute Gasteiger partial charge is 0.241 e. The molecule has 4 heterocycles. The van der Waals surface area contributed by atoms with Crippen LogP contribution in [0.15, 0.2) is 36.4 Å². The van der Waals surface area contributed by atoms with E-state index in [0.717, 1.165) is 32.0 Å². The molecule has 4 aliphatic rings. The van der Waals surface area contributed by atoms with Gasteiger partial charge in [-0.3, -0.25) is 9.59 Å². The van der Waals surface area contributed by atoms with Crippen LogP contribution in [0, 0.1) is 11.8 Å². The SMILES string of the molecule is C[C@]12C=C[C@H](O1)[C@H]1C(=O)N(c3ccc(N4CCOCC4)cc3)C(=O)[C@H]12. The van der Waals surface area contributed by atoms with Crippen LogP contribution in [-0.2, 0) is 19.1 Å². The summed E-state index contributed by atoms with van der Waals surface area (Å²) in [6.45, 7) is 5.05. The minimum absolute atomic E-state index is 0.146. The van der Waals surface area contributed by atoms with Gasteiger partial charge in [-0.1, -0.05) is 12.2 Å². The van der Waals surface area contributed by atoms with Gasteiger partial charge in [-0.05, 0) is 31.2 Å². The van der Waals surface area contributed by atoms with Gasteiger partial charge in [-0.15, -0.1) is 0 Å². The molecule has 2 bridgehead atoms. The van der Waals surface area contributed by atoms with Crippen LogP contribution in [0.5, 0.6) is 0 Å². The van der Waals surface area contributed by atoms with Crippen molar-refractivity contribution < 1.29 is 19.1 Å². The predicted octanol–water partition coefficient (Wildman–Crippen LogP) is 1.36. The highest BCUT2D eigenvalue weighted by atomic mass is 16.5. The molecule has 6 nitrogen and oxygen atoms in total. The van der Waals surface area contributed by atoms with E-state index in [2.05, 4.69) is 4.90 Å². The fraction of sp³-hybridized carbons (Fsp3) is 0.474. The first-order valence-corrected chi connectivity index (χ1v) is 8.76. The maximum Gasteiger partial charge on any atom is 0.241 e. The molecule has 0 radical (unpaired) electrons. The van der Waals surface area contributed by atoms with Gasteiger partial charge in [0.25, 0.3) is 0 Å². The highest BCUT2D eigenvalue weighted by Crippen LogP contribution is 2.52. The van der Waals surface area contributed by atoms with Gasteiger partial charge < -0.3 is 14.4 Å². The number of rotatable bonds is 2. The zero-order chi connectivity index (χ0) is 17.2. The zero-order valence-corrected chi connectivity index (χ0v) is 14.1. The lowest BCUT2D eigenvalue weighted by molar-refractivity contribution is -0.126. The third kappa shape index (κ3) is 2.04. The van der Waals surface area contributed by atoms with Crippen molar-refractivity contribution in [3.63, 3.8) is 0 Å². The molecule has 0 spiro atoms. The van der Waals surface area contributed by atoms with Gasteiger partial charge in [0.2, 0.25) is 11.8 Å². The monoisotopic (exact) mass is 340 g/mol. The molecule has 1 aromatic carbocycles. The number of fused-ring (bicyclic) bond motifs is 5. The van der Waals surface area contributed by atoms with Crippen LogP contribution >= 0.6 is 0 Å². The Labute approximate surface area is 146 Å². The highest BCUT2D eigenvalue weighted by Gasteiger charge is 2.66. The molecule has 3 fully saturated rings. The summed E-state index contributed by atoms with van der Waals surface area (Å²) in [6, 6.07) is 7.67. The number of nitrogens with zero attached hydrogens (tertiary/aromatic N) is 2. The molecular formula is C19H20N2O4. The number of benzene rings is 1. The summed E-state index contributed by atoms with van der Waals surface area (Å²) in [5, 5.41) is 0. The van der Waals surface area contributed by atoms with E-state index in [0.29, 0.717) is 5.69 Å². The Morgan fingerprint density at radius 3 is 2.40 bits per heavy atom. The van der Waals surface area contributed by atoms with Gasteiger partial charge in [0.15, 0.2) is 0 Å². The maximum absolute atomic E-state index is 12.9. The van der Waals surface area contributed by atoms with E-state index in [9.17, 15) is 9.59 Å². The van der Waals surface area contributed by atoms with Crippen molar-refractivity contribution in [2.24, 2.45) is 11.8 Å². The van der Waals surface area contributed by atoms with Crippen molar-refractivity contribution in [3.8, 4) is 0 Å². The number of hydrogen-bond donors (Lipinski definition) is 0. The molecule has 5 rings (SSSR count). The average Bonchev–Trinajstić information content (AvgIpc) is 3.25. The fourth-order valence-corrected chi connectivity index (χ4v) is 4.54. The number of amides is 2. The van der Waals surface area contributed by atoms with Crippen LogP contribution in [0.2, 0.25) is 0 Å². The number of carbonyl (C=O) groups excluding carboxylic acids is 2. The Balaban J connectivity index is 1.42. The van der Waals surface area contributed by atoms with E-state index >= 15 is 0 Å². The van der Waals surface area contributed by atoms with E-state index in [1.807, 2.05) is 43.3 Å². The minimum Gasteiger partial charge on any atom is -0.378 e. The van der Waals surface area contributed by atoms with Crippen molar-refractivity contribution in [1.82, 2.24) is 0 Å². The van der Waals surface area contributed by atoms with E-state index in [-0.39, 0.29) is 23.8 Å². The number of anilines is 2. The van der Waals surface area contributed by atoms with Gasteiger partial charge in [0, 0.05) is 18.8 Å². The molecule has 6 heteroatoms. The Bertz CT molecular complexity index is 768. The molecule has 130 valence electrons. The lowest BCUT2D eigenvalue weighted by Crippen LogP contribution is -2.38. The first-order valence-electron chi connectivity index (χ1n) is 8.76. The number of ether oxygens (including phenoxy) is 2. The van der Waals surface area contributed by atoms with Crippen LogP contribution in [0.1, 0.15) is 6.92 Å². The Kier molecular flexibility index (Phi) is 3.12. The number of hydrogen-bond acceptors (Lipinski definition) is 5. The molecule has 25 heavy (non-hydrogen) atoms. The normalized spacial score (nSPS) is 36.4. The molecule has 0 saturated carbocycles. The summed E-state index contributed by atoms with van der Waals surface area (Å²) in [4.78, 5) is 29.4. The van der Waals surface area contributed by atoms with Crippen LogP contribution in [0.25, 0.3) is 0 Å². The second-order valence-electron chi connectivity index (χ2n) is 7.26. The summed E-state index contributed by atoms with van der Waals surface area (Å²) in [5.41, 5.74) is 1.08. The van der Waals surface area contributed by atoms with Gasteiger partial charge in [-0.2, -0.15) is 0 Å². The standard InChI is InChI=1S/C19H20N2O4/c1-19-7-6-14(25-19)15-16(19)18(23)21(17(15)22)13-4-2-12(3-5-13)20-8-10-24-11-9-20/h2-7,14-16H,8-11H2,1H3/t14-,15+,16-,19+/m0/s1. The van der Waals surface area contributed by atoms with E-state index in [1.165, 1.54) is 4.90 Å².